The van der Waals surface area contributed by atoms with Crippen LogP contribution in [0.2, 0.25) is 0 Å². The Kier molecular flexibility index (Phi) is 4.84. The first kappa shape index (κ1) is 14.7. The van der Waals surface area contributed by atoms with Gasteiger partial charge in [-0.2, -0.15) is 0 Å². The third-order valence-corrected chi connectivity index (χ3v) is 3.71. The fourth-order valence-corrected chi connectivity index (χ4v) is 2.20. The zero-order chi connectivity index (χ0) is 14.5. The van der Waals surface area contributed by atoms with Crippen LogP contribution in [0, 0.1) is 0 Å². The maximum absolute atomic E-state index is 4.08. The molecular weight excluding hydrogens is 250 g/mol. The number of nitrogens with one attached hydrogen (secondary N) is 1. The second-order valence-corrected chi connectivity index (χ2v) is 5.50. The summed E-state index contributed by atoms with van der Waals surface area (Å²) in [5.74, 6) is 1.33. The number of aromatic nitrogens is 4. The Hall–Kier alpha value is -1.75. The Balaban J connectivity index is 1.95. The van der Waals surface area contributed by atoms with Gasteiger partial charge in [-0.25, -0.2) is 4.68 Å². The Morgan fingerprint density at radius 2 is 1.80 bits per heavy atom. The SMILES string of the molecule is CC(C)n1nnnc1CN[C@@H](C)[C@H](C)c1ccccc1. The summed E-state index contributed by atoms with van der Waals surface area (Å²) in [6, 6.07) is 11.2. The van der Waals surface area contributed by atoms with Crippen LogP contribution in [-0.4, -0.2) is 26.2 Å². The number of benzene rings is 1. The van der Waals surface area contributed by atoms with Gasteiger partial charge >= 0.3 is 0 Å². The monoisotopic (exact) mass is 273 g/mol. The van der Waals surface area contributed by atoms with Gasteiger partial charge in [0.25, 0.3) is 0 Å². The van der Waals surface area contributed by atoms with E-state index in [0.29, 0.717) is 18.5 Å². The van der Waals surface area contributed by atoms with E-state index in [1.807, 2.05) is 10.7 Å². The second-order valence-electron chi connectivity index (χ2n) is 5.50. The Morgan fingerprint density at radius 1 is 1.10 bits per heavy atom. The lowest BCUT2D eigenvalue weighted by Crippen LogP contribution is -2.31. The minimum absolute atomic E-state index is 0.281. The first-order chi connectivity index (χ1) is 9.59. The zero-order valence-corrected chi connectivity index (χ0v) is 12.6. The Bertz CT molecular complexity index is 520. The molecule has 20 heavy (non-hydrogen) atoms. The molecule has 0 radical (unpaired) electrons. The predicted octanol–water partition coefficient (Wildman–Crippen LogP) is 2.54. The summed E-state index contributed by atoms with van der Waals surface area (Å²) < 4.78 is 1.85. The molecule has 0 aliphatic rings. The summed E-state index contributed by atoms with van der Waals surface area (Å²) in [4.78, 5) is 0. The number of hydrogen-bond acceptors (Lipinski definition) is 4. The molecule has 5 nitrogen and oxygen atoms in total. The molecule has 0 fully saturated rings. The van der Waals surface area contributed by atoms with Gasteiger partial charge in [0.05, 0.1) is 12.6 Å². The standard InChI is InChI=1S/C15H23N5/c1-11(2)20-15(17-18-19-20)10-16-13(4)12(3)14-8-6-5-7-9-14/h5-9,11-13,16H,10H2,1-4H3/t12-,13-/m0/s1. The topological polar surface area (TPSA) is 55.6 Å². The first-order valence-electron chi connectivity index (χ1n) is 7.14. The van der Waals surface area contributed by atoms with Crippen molar-refractivity contribution >= 4 is 0 Å². The molecule has 108 valence electrons. The normalized spacial score (nSPS) is 14.4. The lowest BCUT2D eigenvalue weighted by atomic mass is 9.94. The van der Waals surface area contributed by atoms with Crippen molar-refractivity contribution in [3.63, 3.8) is 0 Å². The Morgan fingerprint density at radius 3 is 2.45 bits per heavy atom. The summed E-state index contributed by atoms with van der Waals surface area (Å²) in [6.45, 7) is 9.27. The molecule has 0 aliphatic carbocycles. The van der Waals surface area contributed by atoms with E-state index in [0.717, 1.165) is 5.82 Å². The van der Waals surface area contributed by atoms with Crippen LogP contribution in [0.5, 0.6) is 0 Å². The number of nitrogens with zero attached hydrogens (tertiary/aromatic N) is 4. The van der Waals surface area contributed by atoms with Gasteiger partial charge < -0.3 is 5.32 Å². The van der Waals surface area contributed by atoms with E-state index in [2.05, 4.69) is 72.8 Å². The highest BCUT2D eigenvalue weighted by molar-refractivity contribution is 5.20. The second kappa shape index (κ2) is 6.61. The van der Waals surface area contributed by atoms with Crippen LogP contribution in [0.1, 0.15) is 51.0 Å². The van der Waals surface area contributed by atoms with Crippen LogP contribution in [0.15, 0.2) is 30.3 Å². The molecule has 1 heterocycles. The maximum Gasteiger partial charge on any atom is 0.165 e. The largest absolute Gasteiger partial charge is 0.307 e. The number of rotatable bonds is 6. The predicted molar refractivity (Wildman–Crippen MR) is 79.4 cm³/mol. The number of tetrazole rings is 1. The molecule has 0 aliphatic heterocycles. The molecule has 2 rings (SSSR count). The van der Waals surface area contributed by atoms with Crippen molar-refractivity contribution in [1.82, 2.24) is 25.5 Å². The van der Waals surface area contributed by atoms with Crippen molar-refractivity contribution in [2.75, 3.05) is 0 Å². The molecule has 0 saturated heterocycles. The molecule has 1 aromatic carbocycles. The van der Waals surface area contributed by atoms with E-state index in [1.165, 1.54) is 5.56 Å². The fraction of sp³-hybridized carbons (Fsp3) is 0.533. The summed E-state index contributed by atoms with van der Waals surface area (Å²) in [6.07, 6.45) is 0. The average molecular weight is 273 g/mol. The lowest BCUT2D eigenvalue weighted by Gasteiger charge is -2.21. The molecule has 0 bridgehead atoms. The Labute approximate surface area is 120 Å². The van der Waals surface area contributed by atoms with E-state index < -0.39 is 0 Å². The van der Waals surface area contributed by atoms with Crippen molar-refractivity contribution in [2.45, 2.75) is 52.2 Å². The lowest BCUT2D eigenvalue weighted by molar-refractivity contribution is 0.440. The van der Waals surface area contributed by atoms with Crippen LogP contribution in [0.25, 0.3) is 0 Å². The maximum atomic E-state index is 4.08. The van der Waals surface area contributed by atoms with Crippen molar-refractivity contribution in [1.29, 1.82) is 0 Å². The average Bonchev–Trinajstić information content (AvgIpc) is 2.93. The van der Waals surface area contributed by atoms with Gasteiger partial charge in [-0.15, -0.1) is 5.10 Å². The molecule has 2 atom stereocenters. The first-order valence-corrected chi connectivity index (χ1v) is 7.14. The van der Waals surface area contributed by atoms with Gasteiger partial charge in [0.2, 0.25) is 0 Å². The van der Waals surface area contributed by atoms with Gasteiger partial charge in [-0.3, -0.25) is 0 Å². The van der Waals surface area contributed by atoms with E-state index in [9.17, 15) is 0 Å². The molecule has 0 saturated carbocycles. The van der Waals surface area contributed by atoms with Crippen LogP contribution in [-0.2, 0) is 6.54 Å². The van der Waals surface area contributed by atoms with Crippen molar-refractivity contribution in [3.8, 4) is 0 Å². The summed E-state index contributed by atoms with van der Waals surface area (Å²) in [7, 11) is 0. The van der Waals surface area contributed by atoms with Gasteiger partial charge in [0.1, 0.15) is 0 Å². The third kappa shape index (κ3) is 3.42. The molecule has 1 N–H and O–H groups in total. The zero-order valence-electron chi connectivity index (χ0n) is 12.6. The molecule has 0 spiro atoms. The van der Waals surface area contributed by atoms with Crippen LogP contribution < -0.4 is 5.32 Å². The van der Waals surface area contributed by atoms with Gasteiger partial charge in [0, 0.05) is 6.04 Å². The number of hydrogen-bond donors (Lipinski definition) is 1. The van der Waals surface area contributed by atoms with Crippen LogP contribution in [0.3, 0.4) is 0 Å². The summed E-state index contributed by atoms with van der Waals surface area (Å²) >= 11 is 0. The van der Waals surface area contributed by atoms with E-state index in [4.69, 9.17) is 0 Å². The highest BCUT2D eigenvalue weighted by Crippen LogP contribution is 2.18. The summed E-state index contributed by atoms with van der Waals surface area (Å²) in [5.41, 5.74) is 1.34. The minimum atomic E-state index is 0.281. The fourth-order valence-electron chi connectivity index (χ4n) is 2.20. The smallest absolute Gasteiger partial charge is 0.165 e. The van der Waals surface area contributed by atoms with Crippen LogP contribution in [0.4, 0.5) is 0 Å². The van der Waals surface area contributed by atoms with Gasteiger partial charge in [0.15, 0.2) is 5.82 Å². The van der Waals surface area contributed by atoms with Gasteiger partial charge in [-0.05, 0) is 42.7 Å². The van der Waals surface area contributed by atoms with Crippen molar-refractivity contribution < 1.29 is 0 Å². The van der Waals surface area contributed by atoms with E-state index >= 15 is 0 Å². The molecule has 0 unspecified atom stereocenters. The van der Waals surface area contributed by atoms with Crippen LogP contribution >= 0.6 is 0 Å². The van der Waals surface area contributed by atoms with E-state index in [1.54, 1.807) is 0 Å². The van der Waals surface area contributed by atoms with Crippen molar-refractivity contribution in [3.05, 3.63) is 41.7 Å². The molecule has 1 aromatic heterocycles. The summed E-state index contributed by atoms with van der Waals surface area (Å²) in [5, 5.41) is 15.4. The molecular formula is C15H23N5. The van der Waals surface area contributed by atoms with E-state index in [-0.39, 0.29) is 6.04 Å². The molecule has 0 amide bonds. The highest BCUT2D eigenvalue weighted by Gasteiger charge is 2.15. The van der Waals surface area contributed by atoms with Crippen molar-refractivity contribution in [2.24, 2.45) is 0 Å². The molecule has 2 aromatic rings. The molecule has 5 heteroatoms. The minimum Gasteiger partial charge on any atom is -0.307 e. The van der Waals surface area contributed by atoms with Gasteiger partial charge in [-0.1, -0.05) is 37.3 Å². The quantitative estimate of drug-likeness (QED) is 0.878. The highest BCUT2D eigenvalue weighted by atomic mass is 15.5. The third-order valence-electron chi connectivity index (χ3n) is 3.71.